The van der Waals surface area contributed by atoms with Gasteiger partial charge in [-0.15, -0.1) is 0 Å². The van der Waals surface area contributed by atoms with Gasteiger partial charge < -0.3 is 9.88 Å². The molecular formula is C20H19FN2O. The van der Waals surface area contributed by atoms with Gasteiger partial charge in [-0.1, -0.05) is 30.3 Å². The van der Waals surface area contributed by atoms with E-state index < -0.39 is 0 Å². The number of carbonyl (C=O) groups excluding carboxylic acids is 1. The number of amides is 1. The van der Waals surface area contributed by atoms with Gasteiger partial charge in [-0.05, 0) is 48.9 Å². The van der Waals surface area contributed by atoms with E-state index in [9.17, 15) is 9.18 Å². The second-order valence-corrected chi connectivity index (χ2v) is 5.72. The Labute approximate surface area is 140 Å². The number of halogens is 1. The van der Waals surface area contributed by atoms with Gasteiger partial charge in [-0.2, -0.15) is 0 Å². The van der Waals surface area contributed by atoms with E-state index >= 15 is 0 Å². The molecule has 0 aliphatic heterocycles. The molecule has 122 valence electrons. The zero-order chi connectivity index (χ0) is 16.9. The van der Waals surface area contributed by atoms with Gasteiger partial charge in [0.1, 0.15) is 5.82 Å². The van der Waals surface area contributed by atoms with Crippen molar-refractivity contribution >= 4 is 5.91 Å². The quantitative estimate of drug-likeness (QED) is 0.756. The predicted molar refractivity (Wildman–Crippen MR) is 92.4 cm³/mol. The number of nitrogens with zero attached hydrogens (tertiary/aromatic N) is 1. The molecule has 1 amide bonds. The lowest BCUT2D eigenvalue weighted by atomic mass is 10.1. The molecule has 24 heavy (non-hydrogen) atoms. The first-order chi connectivity index (χ1) is 11.6. The Bertz CT molecular complexity index is 809. The minimum atomic E-state index is -0.276. The summed E-state index contributed by atoms with van der Waals surface area (Å²) in [6, 6.07) is 19.8. The fraction of sp³-hybridized carbons (Fsp3) is 0.150. The van der Waals surface area contributed by atoms with Gasteiger partial charge in [-0.25, -0.2) is 4.39 Å². The molecule has 4 heteroatoms. The van der Waals surface area contributed by atoms with E-state index in [2.05, 4.69) is 5.32 Å². The summed E-state index contributed by atoms with van der Waals surface area (Å²) < 4.78 is 15.0. The Morgan fingerprint density at radius 3 is 2.46 bits per heavy atom. The maximum Gasteiger partial charge on any atom is 0.226 e. The summed E-state index contributed by atoms with van der Waals surface area (Å²) >= 11 is 0. The zero-order valence-corrected chi connectivity index (χ0v) is 13.4. The second-order valence-electron chi connectivity index (χ2n) is 5.72. The molecule has 2 aromatic carbocycles. The zero-order valence-electron chi connectivity index (χ0n) is 13.4. The molecule has 1 N–H and O–H groups in total. The largest absolute Gasteiger partial charge is 0.349 e. The molecule has 0 saturated carbocycles. The van der Waals surface area contributed by atoms with Crippen LogP contribution in [0.1, 0.15) is 24.2 Å². The normalized spacial score (nSPS) is 11.9. The highest BCUT2D eigenvalue weighted by molar-refractivity contribution is 5.78. The van der Waals surface area contributed by atoms with Crippen molar-refractivity contribution in [3.63, 3.8) is 0 Å². The standard InChI is InChI=1S/C20H19FN2O/c1-15(16-6-3-2-4-7-16)22-20(24)14-19-8-5-13-23(19)18-11-9-17(21)10-12-18/h2-13,15H,14H2,1H3,(H,22,24). The molecule has 3 aromatic rings. The van der Waals surface area contributed by atoms with Crippen molar-refractivity contribution < 1.29 is 9.18 Å². The first kappa shape index (κ1) is 16.0. The number of hydrogen-bond acceptors (Lipinski definition) is 1. The van der Waals surface area contributed by atoms with Gasteiger partial charge in [0, 0.05) is 17.6 Å². The van der Waals surface area contributed by atoms with Crippen LogP contribution in [0.25, 0.3) is 5.69 Å². The Morgan fingerprint density at radius 1 is 1.04 bits per heavy atom. The molecule has 0 saturated heterocycles. The maximum absolute atomic E-state index is 13.1. The highest BCUT2D eigenvalue weighted by Crippen LogP contribution is 2.15. The van der Waals surface area contributed by atoms with Crippen LogP contribution in [-0.2, 0) is 11.2 Å². The lowest BCUT2D eigenvalue weighted by molar-refractivity contribution is -0.121. The van der Waals surface area contributed by atoms with E-state index in [-0.39, 0.29) is 24.2 Å². The number of benzene rings is 2. The number of carbonyl (C=O) groups is 1. The highest BCUT2D eigenvalue weighted by atomic mass is 19.1. The molecule has 3 nitrogen and oxygen atoms in total. The summed E-state index contributed by atoms with van der Waals surface area (Å²) in [5.41, 5.74) is 2.76. The van der Waals surface area contributed by atoms with Crippen LogP contribution < -0.4 is 5.32 Å². The Balaban J connectivity index is 1.69. The number of aromatic nitrogens is 1. The van der Waals surface area contributed by atoms with E-state index in [0.717, 1.165) is 16.9 Å². The fourth-order valence-corrected chi connectivity index (χ4v) is 2.70. The average Bonchev–Trinajstić information content (AvgIpc) is 3.04. The minimum Gasteiger partial charge on any atom is -0.349 e. The molecule has 3 rings (SSSR count). The smallest absolute Gasteiger partial charge is 0.226 e. The van der Waals surface area contributed by atoms with E-state index in [1.54, 1.807) is 12.1 Å². The van der Waals surface area contributed by atoms with Crippen molar-refractivity contribution in [3.8, 4) is 5.69 Å². The number of rotatable bonds is 5. The molecule has 0 radical (unpaired) electrons. The van der Waals surface area contributed by atoms with Crippen molar-refractivity contribution in [1.29, 1.82) is 0 Å². The van der Waals surface area contributed by atoms with Crippen molar-refractivity contribution in [1.82, 2.24) is 9.88 Å². The van der Waals surface area contributed by atoms with Crippen LogP contribution in [0.3, 0.4) is 0 Å². The van der Waals surface area contributed by atoms with Crippen molar-refractivity contribution in [3.05, 3.63) is 90.0 Å². The molecule has 0 fully saturated rings. The van der Waals surface area contributed by atoms with Crippen molar-refractivity contribution in [2.45, 2.75) is 19.4 Å². The monoisotopic (exact) mass is 322 g/mol. The van der Waals surface area contributed by atoms with Crippen LogP contribution in [0, 0.1) is 5.82 Å². The average molecular weight is 322 g/mol. The summed E-state index contributed by atoms with van der Waals surface area (Å²) in [5, 5.41) is 3.01. The first-order valence-corrected chi connectivity index (χ1v) is 7.90. The van der Waals surface area contributed by atoms with Gasteiger partial charge in [0.25, 0.3) is 0 Å². The highest BCUT2D eigenvalue weighted by Gasteiger charge is 2.12. The molecule has 1 unspecified atom stereocenters. The summed E-state index contributed by atoms with van der Waals surface area (Å²) in [6.45, 7) is 1.96. The summed E-state index contributed by atoms with van der Waals surface area (Å²) in [7, 11) is 0. The van der Waals surface area contributed by atoms with E-state index in [0.29, 0.717) is 0 Å². The number of nitrogens with one attached hydrogen (secondary N) is 1. The molecule has 0 aliphatic rings. The van der Waals surface area contributed by atoms with E-state index in [4.69, 9.17) is 0 Å². The van der Waals surface area contributed by atoms with Crippen molar-refractivity contribution in [2.24, 2.45) is 0 Å². The van der Waals surface area contributed by atoms with Gasteiger partial charge >= 0.3 is 0 Å². The van der Waals surface area contributed by atoms with Gasteiger partial charge in [-0.3, -0.25) is 4.79 Å². The van der Waals surface area contributed by atoms with Crippen LogP contribution >= 0.6 is 0 Å². The molecule has 0 bridgehead atoms. The molecule has 1 atom stereocenters. The van der Waals surface area contributed by atoms with Crippen LogP contribution in [-0.4, -0.2) is 10.5 Å². The summed E-state index contributed by atoms with van der Waals surface area (Å²) in [6.07, 6.45) is 2.14. The molecule has 0 aliphatic carbocycles. The molecule has 0 spiro atoms. The SMILES string of the molecule is CC(NC(=O)Cc1cccn1-c1ccc(F)cc1)c1ccccc1. The van der Waals surface area contributed by atoms with Crippen LogP contribution in [0.2, 0.25) is 0 Å². The molecule has 1 aromatic heterocycles. The van der Waals surface area contributed by atoms with Gasteiger partial charge in [0.15, 0.2) is 0 Å². The Morgan fingerprint density at radius 2 is 1.75 bits per heavy atom. The third-order valence-electron chi connectivity index (χ3n) is 3.96. The van der Waals surface area contributed by atoms with Gasteiger partial charge in [0.2, 0.25) is 5.91 Å². The van der Waals surface area contributed by atoms with Crippen LogP contribution in [0.15, 0.2) is 72.9 Å². The lowest BCUT2D eigenvalue weighted by Crippen LogP contribution is -2.28. The Hall–Kier alpha value is -2.88. The fourth-order valence-electron chi connectivity index (χ4n) is 2.70. The van der Waals surface area contributed by atoms with E-state index in [1.807, 2.05) is 60.2 Å². The summed E-state index contributed by atoms with van der Waals surface area (Å²) in [4.78, 5) is 12.3. The molecular weight excluding hydrogens is 303 g/mol. The number of hydrogen-bond donors (Lipinski definition) is 1. The Kier molecular flexibility index (Phi) is 4.75. The summed E-state index contributed by atoms with van der Waals surface area (Å²) in [5.74, 6) is -0.324. The topological polar surface area (TPSA) is 34.0 Å². The van der Waals surface area contributed by atoms with Crippen molar-refractivity contribution in [2.75, 3.05) is 0 Å². The van der Waals surface area contributed by atoms with Crippen LogP contribution in [0.4, 0.5) is 4.39 Å². The third kappa shape index (κ3) is 3.71. The molecule has 1 heterocycles. The minimum absolute atomic E-state index is 0.0478. The third-order valence-corrected chi connectivity index (χ3v) is 3.96. The van der Waals surface area contributed by atoms with Gasteiger partial charge in [0.05, 0.1) is 12.5 Å². The lowest BCUT2D eigenvalue weighted by Gasteiger charge is -2.15. The predicted octanol–water partition coefficient (Wildman–Crippen LogP) is 4.04. The second kappa shape index (κ2) is 7.13. The van der Waals surface area contributed by atoms with Crippen LogP contribution in [0.5, 0.6) is 0 Å². The maximum atomic E-state index is 13.1. The van der Waals surface area contributed by atoms with E-state index in [1.165, 1.54) is 12.1 Å². The first-order valence-electron chi connectivity index (χ1n) is 7.90.